The molecular formula is C11H13BrO2. The third-order valence-corrected chi connectivity index (χ3v) is 2.25. The molecule has 0 saturated carbocycles. The Morgan fingerprint density at radius 1 is 1.50 bits per heavy atom. The lowest BCUT2D eigenvalue weighted by atomic mass is 10.1. The SMILES string of the molecule is COc1cc(C=CCBr)ccc1CO. The maximum atomic E-state index is 9.01. The van der Waals surface area contributed by atoms with Crippen LogP contribution in [0.1, 0.15) is 11.1 Å². The summed E-state index contributed by atoms with van der Waals surface area (Å²) in [6.07, 6.45) is 4.01. The molecule has 0 spiro atoms. The molecular weight excluding hydrogens is 244 g/mol. The van der Waals surface area contributed by atoms with Crippen LogP contribution in [0.15, 0.2) is 24.3 Å². The molecule has 0 aliphatic heterocycles. The molecule has 0 aromatic heterocycles. The Morgan fingerprint density at radius 2 is 2.29 bits per heavy atom. The van der Waals surface area contributed by atoms with Gasteiger partial charge in [0.05, 0.1) is 13.7 Å². The van der Waals surface area contributed by atoms with Gasteiger partial charge in [-0.1, -0.05) is 40.2 Å². The van der Waals surface area contributed by atoms with Crippen molar-refractivity contribution in [3.63, 3.8) is 0 Å². The van der Waals surface area contributed by atoms with E-state index in [1.165, 1.54) is 0 Å². The number of allylic oxidation sites excluding steroid dienone is 1. The van der Waals surface area contributed by atoms with Crippen LogP contribution in [0.2, 0.25) is 0 Å². The van der Waals surface area contributed by atoms with E-state index in [1.54, 1.807) is 7.11 Å². The number of halogens is 1. The molecule has 0 radical (unpaired) electrons. The van der Waals surface area contributed by atoms with E-state index in [-0.39, 0.29) is 6.61 Å². The van der Waals surface area contributed by atoms with Crippen molar-refractivity contribution in [2.75, 3.05) is 12.4 Å². The maximum Gasteiger partial charge on any atom is 0.124 e. The van der Waals surface area contributed by atoms with E-state index in [1.807, 2.05) is 30.4 Å². The van der Waals surface area contributed by atoms with Crippen LogP contribution in [0.3, 0.4) is 0 Å². The summed E-state index contributed by atoms with van der Waals surface area (Å²) >= 11 is 3.31. The largest absolute Gasteiger partial charge is 0.496 e. The molecule has 14 heavy (non-hydrogen) atoms. The Morgan fingerprint density at radius 3 is 2.86 bits per heavy atom. The number of rotatable bonds is 4. The second-order valence-electron chi connectivity index (χ2n) is 2.79. The summed E-state index contributed by atoms with van der Waals surface area (Å²) in [4.78, 5) is 0. The number of ether oxygens (including phenoxy) is 1. The summed E-state index contributed by atoms with van der Waals surface area (Å²) in [6.45, 7) is 0.00557. The molecule has 1 aromatic rings. The molecule has 1 aromatic carbocycles. The van der Waals surface area contributed by atoms with Crippen LogP contribution in [0.25, 0.3) is 6.08 Å². The van der Waals surface area contributed by atoms with Gasteiger partial charge in [0, 0.05) is 10.9 Å². The molecule has 0 amide bonds. The summed E-state index contributed by atoms with van der Waals surface area (Å²) < 4.78 is 5.15. The van der Waals surface area contributed by atoms with Gasteiger partial charge in [-0.05, 0) is 11.6 Å². The Bertz CT molecular complexity index is 321. The van der Waals surface area contributed by atoms with Gasteiger partial charge in [-0.15, -0.1) is 0 Å². The van der Waals surface area contributed by atoms with E-state index < -0.39 is 0 Å². The third-order valence-electron chi connectivity index (χ3n) is 1.88. The summed E-state index contributed by atoms with van der Waals surface area (Å²) in [6, 6.07) is 5.73. The van der Waals surface area contributed by atoms with E-state index in [4.69, 9.17) is 9.84 Å². The standard InChI is InChI=1S/C11H13BrO2/c1-14-11-7-9(3-2-6-12)4-5-10(11)8-13/h2-5,7,13H,6,8H2,1H3. The first-order chi connectivity index (χ1) is 6.81. The van der Waals surface area contributed by atoms with Gasteiger partial charge in [0.1, 0.15) is 5.75 Å². The molecule has 0 aliphatic rings. The van der Waals surface area contributed by atoms with Crippen LogP contribution < -0.4 is 4.74 Å². The predicted octanol–water partition coefficient (Wildman–Crippen LogP) is 2.60. The molecule has 76 valence electrons. The van der Waals surface area contributed by atoms with Gasteiger partial charge in [0.2, 0.25) is 0 Å². The first-order valence-corrected chi connectivity index (χ1v) is 5.44. The molecule has 1 N–H and O–H groups in total. The van der Waals surface area contributed by atoms with Crippen LogP contribution in [0, 0.1) is 0 Å². The van der Waals surface area contributed by atoms with Crippen molar-refractivity contribution in [2.45, 2.75) is 6.61 Å². The molecule has 0 heterocycles. The van der Waals surface area contributed by atoms with Gasteiger partial charge in [-0.25, -0.2) is 0 Å². The van der Waals surface area contributed by atoms with Gasteiger partial charge in [0.25, 0.3) is 0 Å². The van der Waals surface area contributed by atoms with Crippen LogP contribution in [0.5, 0.6) is 5.75 Å². The van der Waals surface area contributed by atoms with Crippen molar-refractivity contribution in [3.05, 3.63) is 35.4 Å². The van der Waals surface area contributed by atoms with Gasteiger partial charge in [-0.3, -0.25) is 0 Å². The number of methoxy groups -OCH3 is 1. The van der Waals surface area contributed by atoms with Crippen molar-refractivity contribution in [3.8, 4) is 5.75 Å². The number of hydrogen-bond donors (Lipinski definition) is 1. The van der Waals surface area contributed by atoms with Crippen molar-refractivity contribution in [1.82, 2.24) is 0 Å². The van der Waals surface area contributed by atoms with Crippen molar-refractivity contribution < 1.29 is 9.84 Å². The molecule has 0 bridgehead atoms. The molecule has 0 fully saturated rings. The fourth-order valence-electron chi connectivity index (χ4n) is 1.18. The first kappa shape index (κ1) is 11.3. The quantitative estimate of drug-likeness (QED) is 0.840. The number of alkyl halides is 1. The second-order valence-corrected chi connectivity index (χ2v) is 3.43. The van der Waals surface area contributed by atoms with Crippen LogP contribution >= 0.6 is 15.9 Å². The lowest BCUT2D eigenvalue weighted by molar-refractivity contribution is 0.274. The minimum absolute atomic E-state index is 0.00557. The lowest BCUT2D eigenvalue weighted by Gasteiger charge is -2.06. The topological polar surface area (TPSA) is 29.5 Å². The lowest BCUT2D eigenvalue weighted by Crippen LogP contribution is -1.91. The molecule has 0 unspecified atom stereocenters. The Balaban J connectivity index is 2.95. The number of aliphatic hydroxyl groups excluding tert-OH is 1. The Labute approximate surface area is 92.3 Å². The average Bonchev–Trinajstić information content (AvgIpc) is 2.25. The number of benzene rings is 1. The fraction of sp³-hybridized carbons (Fsp3) is 0.273. The Kier molecular flexibility index (Phi) is 4.70. The second kappa shape index (κ2) is 5.83. The van der Waals surface area contributed by atoms with Gasteiger partial charge < -0.3 is 9.84 Å². The highest BCUT2D eigenvalue weighted by Crippen LogP contribution is 2.20. The number of aliphatic hydroxyl groups is 1. The van der Waals surface area contributed by atoms with Crippen LogP contribution in [0.4, 0.5) is 0 Å². The molecule has 2 nitrogen and oxygen atoms in total. The van der Waals surface area contributed by atoms with Crippen molar-refractivity contribution >= 4 is 22.0 Å². The van der Waals surface area contributed by atoms with Gasteiger partial charge >= 0.3 is 0 Å². The van der Waals surface area contributed by atoms with E-state index in [9.17, 15) is 0 Å². The summed E-state index contributed by atoms with van der Waals surface area (Å²) in [5.41, 5.74) is 1.88. The van der Waals surface area contributed by atoms with Crippen LogP contribution in [-0.4, -0.2) is 17.5 Å². The molecule has 3 heteroatoms. The fourth-order valence-corrected chi connectivity index (χ4v) is 1.36. The highest BCUT2D eigenvalue weighted by atomic mass is 79.9. The molecule has 0 aliphatic carbocycles. The van der Waals surface area contributed by atoms with Gasteiger partial charge in [-0.2, -0.15) is 0 Å². The summed E-state index contributed by atoms with van der Waals surface area (Å²) in [5, 5.41) is 9.84. The van der Waals surface area contributed by atoms with Crippen molar-refractivity contribution in [2.24, 2.45) is 0 Å². The van der Waals surface area contributed by atoms with E-state index in [2.05, 4.69) is 15.9 Å². The minimum atomic E-state index is 0.00557. The third kappa shape index (κ3) is 2.86. The zero-order valence-corrected chi connectivity index (χ0v) is 9.62. The van der Waals surface area contributed by atoms with Gasteiger partial charge in [0.15, 0.2) is 0 Å². The molecule has 0 saturated heterocycles. The highest BCUT2D eigenvalue weighted by Gasteiger charge is 2.01. The van der Waals surface area contributed by atoms with E-state index in [0.29, 0.717) is 0 Å². The molecule has 0 atom stereocenters. The monoisotopic (exact) mass is 256 g/mol. The van der Waals surface area contributed by atoms with E-state index in [0.717, 1.165) is 22.2 Å². The summed E-state index contributed by atoms with van der Waals surface area (Å²) in [5.74, 6) is 0.726. The smallest absolute Gasteiger partial charge is 0.124 e. The highest BCUT2D eigenvalue weighted by molar-refractivity contribution is 9.09. The zero-order valence-electron chi connectivity index (χ0n) is 8.03. The first-order valence-electron chi connectivity index (χ1n) is 4.32. The normalized spacial score (nSPS) is 10.8. The van der Waals surface area contributed by atoms with Crippen LogP contribution in [-0.2, 0) is 6.61 Å². The average molecular weight is 257 g/mol. The maximum absolute atomic E-state index is 9.01. The Hall–Kier alpha value is -0.800. The summed E-state index contributed by atoms with van der Waals surface area (Å²) in [7, 11) is 1.60. The van der Waals surface area contributed by atoms with Crippen molar-refractivity contribution in [1.29, 1.82) is 0 Å². The predicted molar refractivity (Wildman–Crippen MR) is 61.7 cm³/mol. The zero-order chi connectivity index (χ0) is 10.4. The molecule has 1 rings (SSSR count). The number of hydrogen-bond acceptors (Lipinski definition) is 2. The van der Waals surface area contributed by atoms with E-state index >= 15 is 0 Å². The minimum Gasteiger partial charge on any atom is -0.496 e.